The van der Waals surface area contributed by atoms with Gasteiger partial charge in [0.1, 0.15) is 24.4 Å². The summed E-state index contributed by atoms with van der Waals surface area (Å²) in [5, 5.41) is 36.9. The highest BCUT2D eigenvalue weighted by molar-refractivity contribution is 7.46. The van der Waals surface area contributed by atoms with Crippen molar-refractivity contribution in [1.29, 1.82) is 0 Å². The molecule has 0 aromatic heterocycles. The van der Waals surface area contributed by atoms with E-state index in [1.165, 1.54) is 0 Å². The zero-order valence-corrected chi connectivity index (χ0v) is 11.3. The molecule has 13 heteroatoms. The number of phosphoric acid groups is 1. The molecule has 0 amide bonds. The monoisotopic (exact) mass is 326 g/mol. The number of hydrogen-bond acceptors (Lipinski definition) is 8. The van der Waals surface area contributed by atoms with E-state index in [2.05, 4.69) is 9.05 Å². The topological polar surface area (TPSA) is 194 Å². The van der Waals surface area contributed by atoms with Crippen molar-refractivity contribution in [2.24, 2.45) is 0 Å². The summed E-state index contributed by atoms with van der Waals surface area (Å²) in [5.41, 5.74) is 0. The maximum Gasteiger partial charge on any atom is 0.470 e. The normalized spacial score (nSPS) is 20.6. The molecule has 116 valence electrons. The SMILES string of the molecule is O=[PH](O)OC[C@H](O)C(O)C(O)C(CO)OP(=O)(O)O. The van der Waals surface area contributed by atoms with Crippen LogP contribution in [0.4, 0.5) is 0 Å². The van der Waals surface area contributed by atoms with E-state index in [0.717, 1.165) is 0 Å². The van der Waals surface area contributed by atoms with Gasteiger partial charge in [0.2, 0.25) is 0 Å². The Labute approximate surface area is 108 Å². The van der Waals surface area contributed by atoms with Gasteiger partial charge in [-0.2, -0.15) is 0 Å². The highest BCUT2D eigenvalue weighted by atomic mass is 31.2. The smallest absolute Gasteiger partial charge is 0.394 e. The third-order valence-corrected chi connectivity index (χ3v) is 2.91. The van der Waals surface area contributed by atoms with Gasteiger partial charge in [-0.15, -0.1) is 0 Å². The Balaban J connectivity index is 4.53. The zero-order valence-electron chi connectivity index (χ0n) is 9.43. The first-order valence-corrected chi connectivity index (χ1v) is 7.62. The second kappa shape index (κ2) is 8.40. The molecule has 0 radical (unpaired) electrons. The average Bonchev–Trinajstić information content (AvgIpc) is 2.29. The van der Waals surface area contributed by atoms with Gasteiger partial charge in [-0.3, -0.25) is 9.09 Å². The molecule has 0 saturated carbocycles. The molecule has 0 heterocycles. The quantitative estimate of drug-likeness (QED) is 0.212. The van der Waals surface area contributed by atoms with Crippen molar-refractivity contribution in [3.63, 3.8) is 0 Å². The predicted molar refractivity (Wildman–Crippen MR) is 59.2 cm³/mol. The Hall–Kier alpha value is 0.1000. The van der Waals surface area contributed by atoms with Crippen molar-refractivity contribution >= 4 is 16.1 Å². The first-order valence-electron chi connectivity index (χ1n) is 4.83. The van der Waals surface area contributed by atoms with Crippen molar-refractivity contribution in [2.75, 3.05) is 13.2 Å². The first-order chi connectivity index (χ1) is 8.58. The van der Waals surface area contributed by atoms with Gasteiger partial charge in [-0.05, 0) is 0 Å². The van der Waals surface area contributed by atoms with Gasteiger partial charge < -0.3 is 39.6 Å². The minimum Gasteiger partial charge on any atom is -0.394 e. The molecule has 0 bridgehead atoms. The van der Waals surface area contributed by atoms with Crippen LogP contribution in [-0.4, -0.2) is 72.7 Å². The van der Waals surface area contributed by atoms with E-state index < -0.39 is 53.7 Å². The fourth-order valence-corrected chi connectivity index (χ4v) is 1.94. The maximum atomic E-state index is 10.5. The van der Waals surface area contributed by atoms with Crippen LogP contribution in [0, 0.1) is 0 Å². The highest BCUT2D eigenvalue weighted by Gasteiger charge is 2.35. The van der Waals surface area contributed by atoms with Crippen molar-refractivity contribution in [3.8, 4) is 0 Å². The lowest BCUT2D eigenvalue weighted by atomic mass is 10.0. The molecular formula is C6H16O11P2. The third-order valence-electron chi connectivity index (χ3n) is 1.96. The second-order valence-corrected chi connectivity index (χ2v) is 5.45. The summed E-state index contributed by atoms with van der Waals surface area (Å²) in [6, 6.07) is 0. The van der Waals surface area contributed by atoms with Crippen LogP contribution in [0.5, 0.6) is 0 Å². The number of phosphoric ester groups is 1. The van der Waals surface area contributed by atoms with Crippen LogP contribution in [0.1, 0.15) is 0 Å². The molecule has 0 aromatic carbocycles. The minimum absolute atomic E-state index is 0.805. The summed E-state index contributed by atoms with van der Waals surface area (Å²) in [6.45, 7) is -1.85. The molecule has 0 saturated heterocycles. The maximum absolute atomic E-state index is 10.5. The van der Waals surface area contributed by atoms with E-state index in [0.29, 0.717) is 0 Å². The third kappa shape index (κ3) is 8.08. The molecule has 0 spiro atoms. The number of hydrogen-bond donors (Lipinski definition) is 7. The number of aliphatic hydroxyl groups is 4. The van der Waals surface area contributed by atoms with Gasteiger partial charge in [0, 0.05) is 0 Å². The van der Waals surface area contributed by atoms with Crippen LogP contribution < -0.4 is 0 Å². The second-order valence-electron chi connectivity index (χ2n) is 3.44. The van der Waals surface area contributed by atoms with Gasteiger partial charge >= 0.3 is 16.1 Å². The standard InChI is InChI=1S/C6H16O11P2/c7-1-4(17-19(13,14)15)6(10)5(9)3(8)2-16-18(11)12/h3-10,18H,1-2H2,(H,11,12)(H2,13,14,15)/t3-,4?,5?,6?/m0/s1. The molecule has 7 N–H and O–H groups in total. The van der Waals surface area contributed by atoms with Crippen LogP contribution >= 0.6 is 16.1 Å². The minimum atomic E-state index is -5.02. The van der Waals surface area contributed by atoms with E-state index in [9.17, 15) is 24.4 Å². The van der Waals surface area contributed by atoms with Crippen LogP contribution in [-0.2, 0) is 18.2 Å². The summed E-state index contributed by atoms with van der Waals surface area (Å²) >= 11 is 0. The molecule has 0 rings (SSSR count). The van der Waals surface area contributed by atoms with Gasteiger partial charge in [0.25, 0.3) is 0 Å². The molecule has 4 unspecified atom stereocenters. The molecule has 19 heavy (non-hydrogen) atoms. The molecule has 11 nitrogen and oxygen atoms in total. The number of aliphatic hydroxyl groups excluding tert-OH is 4. The van der Waals surface area contributed by atoms with Crippen LogP contribution in [0.25, 0.3) is 0 Å². The first kappa shape index (κ1) is 19.1. The Morgan fingerprint density at radius 2 is 1.68 bits per heavy atom. The molecule has 0 aliphatic rings. The average molecular weight is 326 g/mol. The molecule has 0 aliphatic carbocycles. The summed E-state index contributed by atoms with van der Waals surface area (Å²) < 4.78 is 28.8. The zero-order chi connectivity index (χ0) is 15.2. The Morgan fingerprint density at radius 1 is 1.16 bits per heavy atom. The molecule has 0 aromatic rings. The van der Waals surface area contributed by atoms with Gasteiger partial charge in [0.05, 0.1) is 13.2 Å². The van der Waals surface area contributed by atoms with Crippen LogP contribution in [0.2, 0.25) is 0 Å². The van der Waals surface area contributed by atoms with E-state index >= 15 is 0 Å². The van der Waals surface area contributed by atoms with Crippen LogP contribution in [0.3, 0.4) is 0 Å². The number of rotatable bonds is 9. The summed E-state index contributed by atoms with van der Waals surface area (Å²) in [7, 11) is -8.37. The van der Waals surface area contributed by atoms with Gasteiger partial charge in [0.15, 0.2) is 0 Å². The summed E-state index contributed by atoms with van der Waals surface area (Å²) in [6.07, 6.45) is -7.77. The largest absolute Gasteiger partial charge is 0.470 e. The van der Waals surface area contributed by atoms with Crippen molar-refractivity contribution in [3.05, 3.63) is 0 Å². The van der Waals surface area contributed by atoms with Crippen molar-refractivity contribution < 1.29 is 53.3 Å². The van der Waals surface area contributed by atoms with E-state index in [1.54, 1.807) is 0 Å². The van der Waals surface area contributed by atoms with Crippen LogP contribution in [0.15, 0.2) is 0 Å². The fraction of sp³-hybridized carbons (Fsp3) is 1.00. The van der Waals surface area contributed by atoms with E-state index in [1.807, 2.05) is 0 Å². The fourth-order valence-electron chi connectivity index (χ4n) is 1.08. The molecule has 5 atom stereocenters. The lowest BCUT2D eigenvalue weighted by molar-refractivity contribution is -0.119. The summed E-state index contributed by atoms with van der Waals surface area (Å²) in [4.78, 5) is 25.3. The van der Waals surface area contributed by atoms with Gasteiger partial charge in [-0.1, -0.05) is 0 Å². The lowest BCUT2D eigenvalue weighted by Crippen LogP contribution is -2.47. The Bertz CT molecular complexity index is 329. The Kier molecular flexibility index (Phi) is 8.45. The predicted octanol–water partition coefficient (Wildman–Crippen LogP) is -3.06. The Morgan fingerprint density at radius 3 is 2.05 bits per heavy atom. The van der Waals surface area contributed by atoms with E-state index in [-0.39, 0.29) is 0 Å². The van der Waals surface area contributed by atoms with Crippen molar-refractivity contribution in [2.45, 2.75) is 24.4 Å². The van der Waals surface area contributed by atoms with Gasteiger partial charge in [-0.25, -0.2) is 4.57 Å². The van der Waals surface area contributed by atoms with Crippen molar-refractivity contribution in [1.82, 2.24) is 0 Å². The molecule has 0 fully saturated rings. The molecule has 0 aliphatic heterocycles. The lowest BCUT2D eigenvalue weighted by Gasteiger charge is -2.28. The highest BCUT2D eigenvalue weighted by Crippen LogP contribution is 2.38. The molecular weight excluding hydrogens is 310 g/mol. The van der Waals surface area contributed by atoms with E-state index in [4.69, 9.17) is 19.8 Å². The summed E-state index contributed by atoms with van der Waals surface area (Å²) in [5.74, 6) is 0.